The molecule has 0 radical (unpaired) electrons. The fourth-order valence-electron chi connectivity index (χ4n) is 0.971. The predicted molar refractivity (Wildman–Crippen MR) is 43.3 cm³/mol. The van der Waals surface area contributed by atoms with Crippen LogP contribution in [0.2, 0.25) is 0 Å². The van der Waals surface area contributed by atoms with Crippen LogP contribution in [0.5, 0.6) is 0 Å². The minimum Gasteiger partial charge on any atom is -0.469 e. The van der Waals surface area contributed by atoms with E-state index in [9.17, 15) is 5.11 Å². The SMILES string of the molecule is N#CCC(O)CCc1ccco1. The minimum absolute atomic E-state index is 0.195. The van der Waals surface area contributed by atoms with Crippen LogP contribution >= 0.6 is 0 Å². The van der Waals surface area contributed by atoms with Crippen LogP contribution in [0.3, 0.4) is 0 Å². The van der Waals surface area contributed by atoms with Crippen LogP contribution in [0, 0.1) is 11.3 Å². The van der Waals surface area contributed by atoms with Crippen molar-refractivity contribution in [3.63, 3.8) is 0 Å². The van der Waals surface area contributed by atoms with Gasteiger partial charge in [0, 0.05) is 6.42 Å². The summed E-state index contributed by atoms with van der Waals surface area (Å²) in [6.45, 7) is 0. The maximum atomic E-state index is 9.18. The topological polar surface area (TPSA) is 57.2 Å². The van der Waals surface area contributed by atoms with E-state index in [0.717, 1.165) is 5.76 Å². The van der Waals surface area contributed by atoms with Gasteiger partial charge in [-0.05, 0) is 18.6 Å². The number of hydrogen-bond donors (Lipinski definition) is 1. The van der Waals surface area contributed by atoms with Gasteiger partial charge in [0.2, 0.25) is 0 Å². The summed E-state index contributed by atoms with van der Waals surface area (Å²) in [5.74, 6) is 0.854. The molecule has 64 valence electrons. The van der Waals surface area contributed by atoms with E-state index >= 15 is 0 Å². The molecule has 0 aliphatic heterocycles. The summed E-state index contributed by atoms with van der Waals surface area (Å²) in [6.07, 6.45) is 2.55. The van der Waals surface area contributed by atoms with Gasteiger partial charge in [0.25, 0.3) is 0 Å². The second-order valence-corrected chi connectivity index (χ2v) is 2.63. The molecule has 0 aliphatic rings. The summed E-state index contributed by atoms with van der Waals surface area (Å²) in [6, 6.07) is 5.59. The van der Waals surface area contributed by atoms with E-state index in [0.29, 0.717) is 12.8 Å². The summed E-state index contributed by atoms with van der Waals surface area (Å²) < 4.78 is 5.07. The third-order valence-electron chi connectivity index (χ3n) is 1.63. The molecule has 0 bridgehead atoms. The van der Waals surface area contributed by atoms with Crippen molar-refractivity contribution >= 4 is 0 Å². The monoisotopic (exact) mass is 165 g/mol. The molecule has 1 N–H and O–H groups in total. The zero-order chi connectivity index (χ0) is 8.81. The van der Waals surface area contributed by atoms with Gasteiger partial charge in [-0.3, -0.25) is 0 Å². The molecular weight excluding hydrogens is 154 g/mol. The summed E-state index contributed by atoms with van der Waals surface area (Å²) in [4.78, 5) is 0. The van der Waals surface area contributed by atoms with Crippen molar-refractivity contribution in [2.75, 3.05) is 0 Å². The molecule has 1 heterocycles. The number of aryl methyl sites for hydroxylation is 1. The largest absolute Gasteiger partial charge is 0.469 e. The normalized spacial score (nSPS) is 12.3. The Hall–Kier alpha value is -1.27. The standard InChI is InChI=1S/C9H11NO2/c10-6-5-8(11)3-4-9-2-1-7-12-9/h1-2,7-8,11H,3-5H2. The fraction of sp³-hybridized carbons (Fsp3) is 0.444. The second-order valence-electron chi connectivity index (χ2n) is 2.63. The van der Waals surface area contributed by atoms with E-state index in [1.165, 1.54) is 0 Å². The highest BCUT2D eigenvalue weighted by Gasteiger charge is 2.04. The number of furan rings is 1. The first-order chi connectivity index (χ1) is 5.83. The highest BCUT2D eigenvalue weighted by Crippen LogP contribution is 2.07. The summed E-state index contributed by atoms with van der Waals surface area (Å²) in [5, 5.41) is 17.4. The van der Waals surface area contributed by atoms with Crippen LogP contribution in [0.4, 0.5) is 0 Å². The quantitative estimate of drug-likeness (QED) is 0.735. The van der Waals surface area contributed by atoms with Gasteiger partial charge >= 0.3 is 0 Å². The third kappa shape index (κ3) is 2.77. The molecule has 0 fully saturated rings. The van der Waals surface area contributed by atoms with Gasteiger partial charge in [-0.2, -0.15) is 5.26 Å². The Kier molecular flexibility index (Phi) is 3.36. The molecule has 12 heavy (non-hydrogen) atoms. The highest BCUT2D eigenvalue weighted by molar-refractivity contribution is 4.98. The van der Waals surface area contributed by atoms with Crippen LogP contribution in [0.15, 0.2) is 22.8 Å². The molecule has 1 rings (SSSR count). The van der Waals surface area contributed by atoms with Crippen LogP contribution in [0.1, 0.15) is 18.6 Å². The Morgan fingerprint density at radius 3 is 3.08 bits per heavy atom. The van der Waals surface area contributed by atoms with Gasteiger partial charge in [-0.25, -0.2) is 0 Å². The molecule has 0 saturated carbocycles. The van der Waals surface area contributed by atoms with Crippen molar-refractivity contribution in [3.05, 3.63) is 24.2 Å². The van der Waals surface area contributed by atoms with E-state index in [-0.39, 0.29) is 6.42 Å². The fourth-order valence-corrected chi connectivity index (χ4v) is 0.971. The predicted octanol–water partition coefficient (Wildman–Crippen LogP) is 1.49. The number of aliphatic hydroxyl groups is 1. The maximum Gasteiger partial charge on any atom is 0.103 e. The minimum atomic E-state index is -0.528. The van der Waals surface area contributed by atoms with Crippen molar-refractivity contribution in [1.29, 1.82) is 5.26 Å². The first kappa shape index (κ1) is 8.82. The third-order valence-corrected chi connectivity index (χ3v) is 1.63. The molecule has 3 nitrogen and oxygen atoms in total. The average Bonchev–Trinajstić information content (AvgIpc) is 2.53. The van der Waals surface area contributed by atoms with Gasteiger partial charge in [0.15, 0.2) is 0 Å². The zero-order valence-corrected chi connectivity index (χ0v) is 6.73. The van der Waals surface area contributed by atoms with Gasteiger partial charge in [0.05, 0.1) is 24.9 Å². The lowest BCUT2D eigenvalue weighted by Gasteiger charge is -2.02. The molecule has 0 aliphatic carbocycles. The van der Waals surface area contributed by atoms with Crippen LogP contribution in [-0.2, 0) is 6.42 Å². The van der Waals surface area contributed by atoms with Crippen LogP contribution < -0.4 is 0 Å². The second kappa shape index (κ2) is 4.58. The van der Waals surface area contributed by atoms with Crippen LogP contribution in [-0.4, -0.2) is 11.2 Å². The van der Waals surface area contributed by atoms with Crippen molar-refractivity contribution in [2.24, 2.45) is 0 Å². The van der Waals surface area contributed by atoms with E-state index < -0.39 is 6.10 Å². The first-order valence-electron chi connectivity index (χ1n) is 3.90. The lowest BCUT2D eigenvalue weighted by atomic mass is 10.1. The van der Waals surface area contributed by atoms with Crippen LogP contribution in [0.25, 0.3) is 0 Å². The Morgan fingerprint density at radius 2 is 2.50 bits per heavy atom. The van der Waals surface area contributed by atoms with Gasteiger partial charge in [-0.15, -0.1) is 0 Å². The zero-order valence-electron chi connectivity index (χ0n) is 6.73. The van der Waals surface area contributed by atoms with Gasteiger partial charge in [-0.1, -0.05) is 0 Å². The van der Waals surface area contributed by atoms with E-state index in [2.05, 4.69) is 0 Å². The van der Waals surface area contributed by atoms with Crippen molar-refractivity contribution in [2.45, 2.75) is 25.4 Å². The average molecular weight is 165 g/mol. The molecule has 0 saturated heterocycles. The molecule has 1 atom stereocenters. The summed E-state index contributed by atoms with van der Waals surface area (Å²) in [5.41, 5.74) is 0. The van der Waals surface area contributed by atoms with Crippen molar-refractivity contribution in [3.8, 4) is 6.07 Å². The lowest BCUT2D eigenvalue weighted by molar-refractivity contribution is 0.167. The van der Waals surface area contributed by atoms with Gasteiger partial charge in [0.1, 0.15) is 5.76 Å². The van der Waals surface area contributed by atoms with E-state index in [4.69, 9.17) is 9.68 Å². The number of rotatable bonds is 4. The molecule has 1 aromatic heterocycles. The van der Waals surface area contributed by atoms with Gasteiger partial charge < -0.3 is 9.52 Å². The molecule has 1 aromatic rings. The molecule has 0 spiro atoms. The van der Waals surface area contributed by atoms with E-state index in [1.54, 1.807) is 6.26 Å². The molecule has 0 aromatic carbocycles. The Labute approximate surface area is 71.2 Å². The van der Waals surface area contributed by atoms with Crippen molar-refractivity contribution in [1.82, 2.24) is 0 Å². The number of hydrogen-bond acceptors (Lipinski definition) is 3. The number of aliphatic hydroxyl groups excluding tert-OH is 1. The first-order valence-corrected chi connectivity index (χ1v) is 3.90. The lowest BCUT2D eigenvalue weighted by Crippen LogP contribution is -2.05. The number of nitrogens with zero attached hydrogens (tertiary/aromatic N) is 1. The Bertz CT molecular complexity index is 248. The molecular formula is C9H11NO2. The number of nitriles is 1. The Morgan fingerprint density at radius 1 is 1.67 bits per heavy atom. The smallest absolute Gasteiger partial charge is 0.103 e. The molecule has 3 heteroatoms. The summed E-state index contributed by atoms with van der Waals surface area (Å²) >= 11 is 0. The summed E-state index contributed by atoms with van der Waals surface area (Å²) in [7, 11) is 0. The maximum absolute atomic E-state index is 9.18. The highest BCUT2D eigenvalue weighted by atomic mass is 16.3. The molecule has 0 amide bonds. The van der Waals surface area contributed by atoms with E-state index in [1.807, 2.05) is 18.2 Å². The molecule has 1 unspecified atom stereocenters. The van der Waals surface area contributed by atoms with Crippen molar-refractivity contribution < 1.29 is 9.52 Å². The Balaban J connectivity index is 2.23.